The number of rotatable bonds is 4. The number of nitrogens with zero attached hydrogens (tertiary/aromatic N) is 2. The fourth-order valence-corrected chi connectivity index (χ4v) is 8.15. The summed E-state index contributed by atoms with van der Waals surface area (Å²) in [5.74, 6) is -6.83. The maximum Gasteiger partial charge on any atom is 0.339 e. The zero-order chi connectivity index (χ0) is 30.4. The highest BCUT2D eigenvalue weighted by Crippen LogP contribution is 2.68. The maximum atomic E-state index is 14.4. The molecule has 8 rings (SSSR count). The largest absolute Gasteiger partial charge is 0.423 e. The summed E-state index contributed by atoms with van der Waals surface area (Å²) in [6.07, 6.45) is 0. The highest BCUT2D eigenvalue weighted by Gasteiger charge is 2.77. The summed E-state index contributed by atoms with van der Waals surface area (Å²) in [5, 5.41) is 0. The van der Waals surface area contributed by atoms with Gasteiger partial charge in [-0.05, 0) is 57.2 Å². The molecule has 0 radical (unpaired) electrons. The molecule has 0 N–H and O–H groups in total. The Balaban J connectivity index is 1.40. The van der Waals surface area contributed by atoms with Gasteiger partial charge in [0.05, 0.1) is 35.0 Å². The first-order valence-corrected chi connectivity index (χ1v) is 14.4. The van der Waals surface area contributed by atoms with Crippen LogP contribution in [0.3, 0.4) is 0 Å². The first-order valence-electron chi connectivity index (χ1n) is 14.4. The van der Waals surface area contributed by atoms with E-state index in [1.807, 2.05) is 38.1 Å². The lowest BCUT2D eigenvalue weighted by Crippen LogP contribution is -2.61. The van der Waals surface area contributed by atoms with Crippen LogP contribution in [-0.4, -0.2) is 29.6 Å². The Labute approximate surface area is 248 Å². The van der Waals surface area contributed by atoms with Crippen LogP contribution in [0.2, 0.25) is 0 Å². The van der Waals surface area contributed by atoms with Crippen molar-refractivity contribution in [3.05, 3.63) is 101 Å². The predicted octanol–water partition coefficient (Wildman–Crippen LogP) is 4.79. The van der Waals surface area contributed by atoms with Gasteiger partial charge in [0.15, 0.2) is 0 Å². The number of hydrogen-bond acceptors (Lipinski definition) is 6. The molecule has 8 nitrogen and oxygen atoms in total. The third-order valence-corrected chi connectivity index (χ3v) is 9.94. The number of benzene rings is 3. The van der Waals surface area contributed by atoms with Gasteiger partial charge in [0, 0.05) is 16.9 Å². The van der Waals surface area contributed by atoms with Gasteiger partial charge < -0.3 is 4.74 Å². The van der Waals surface area contributed by atoms with Crippen LogP contribution in [0, 0.1) is 48.9 Å². The summed E-state index contributed by atoms with van der Waals surface area (Å²) in [7, 11) is 0. The molecular weight excluding hydrogens is 544 g/mol. The summed E-state index contributed by atoms with van der Waals surface area (Å²) in [4.78, 5) is 73.5. The number of esters is 1. The zero-order valence-electron chi connectivity index (χ0n) is 24.2. The van der Waals surface area contributed by atoms with Crippen molar-refractivity contribution in [2.45, 2.75) is 27.7 Å². The Hall–Kier alpha value is -4.85. The van der Waals surface area contributed by atoms with Crippen molar-refractivity contribution >= 4 is 41.0 Å². The van der Waals surface area contributed by atoms with Gasteiger partial charge in [-0.15, -0.1) is 0 Å². The molecule has 8 heteroatoms. The van der Waals surface area contributed by atoms with Crippen molar-refractivity contribution in [2.24, 2.45) is 35.0 Å². The van der Waals surface area contributed by atoms with E-state index >= 15 is 0 Å². The zero-order valence-corrected chi connectivity index (χ0v) is 24.2. The minimum atomic E-state index is -1.47. The number of carbonyl (C=O) groups is 5. The average Bonchev–Trinajstić information content (AvgIpc) is 3.41. The molecule has 1 saturated carbocycles. The smallest absolute Gasteiger partial charge is 0.339 e. The number of ether oxygens (including phenoxy) is 1. The van der Waals surface area contributed by atoms with Crippen molar-refractivity contribution in [1.29, 1.82) is 0 Å². The normalized spacial score (nSPS) is 29.3. The lowest BCUT2D eigenvalue weighted by atomic mass is 9.43. The first-order chi connectivity index (χ1) is 20.6. The highest BCUT2D eigenvalue weighted by atomic mass is 16.5. The average molecular weight is 575 g/mol. The van der Waals surface area contributed by atoms with Gasteiger partial charge in [-0.1, -0.05) is 66.1 Å². The van der Waals surface area contributed by atoms with E-state index in [0.717, 1.165) is 11.1 Å². The summed E-state index contributed by atoms with van der Waals surface area (Å²) in [6.45, 7) is 7.25. The van der Waals surface area contributed by atoms with Crippen LogP contribution in [0.4, 0.5) is 11.4 Å². The number of carbonyl (C=O) groups excluding carboxylic acids is 5. The third-order valence-electron chi connectivity index (χ3n) is 9.94. The molecule has 2 saturated heterocycles. The molecule has 43 heavy (non-hydrogen) atoms. The molecule has 216 valence electrons. The van der Waals surface area contributed by atoms with Crippen molar-refractivity contribution < 1.29 is 28.7 Å². The van der Waals surface area contributed by atoms with Crippen molar-refractivity contribution in [2.75, 3.05) is 9.80 Å². The Morgan fingerprint density at radius 1 is 0.628 bits per heavy atom. The number of anilines is 2. The third kappa shape index (κ3) is 3.59. The van der Waals surface area contributed by atoms with Gasteiger partial charge in [-0.3, -0.25) is 29.0 Å². The van der Waals surface area contributed by atoms with Crippen molar-refractivity contribution in [3.63, 3.8) is 0 Å². The lowest BCUT2D eigenvalue weighted by Gasteiger charge is -2.55. The van der Waals surface area contributed by atoms with Crippen LogP contribution in [0.5, 0.6) is 5.75 Å². The van der Waals surface area contributed by atoms with Gasteiger partial charge in [0.25, 0.3) is 0 Å². The van der Waals surface area contributed by atoms with Crippen LogP contribution < -0.4 is 14.5 Å². The summed E-state index contributed by atoms with van der Waals surface area (Å²) in [5.41, 5.74) is 2.03. The van der Waals surface area contributed by atoms with Crippen LogP contribution >= 0.6 is 0 Å². The molecule has 5 aliphatic rings. The highest BCUT2D eigenvalue weighted by molar-refractivity contribution is 6.27. The molecule has 2 bridgehead atoms. The van der Waals surface area contributed by atoms with E-state index in [1.165, 1.54) is 9.80 Å². The van der Waals surface area contributed by atoms with Crippen LogP contribution in [0.15, 0.2) is 90.0 Å². The Morgan fingerprint density at radius 2 is 1.07 bits per heavy atom. The summed E-state index contributed by atoms with van der Waals surface area (Å²) >= 11 is 0. The van der Waals surface area contributed by atoms with Crippen LogP contribution in [-0.2, 0) is 24.0 Å². The number of para-hydroxylation sites is 1. The Bertz CT molecular complexity index is 1670. The predicted molar refractivity (Wildman–Crippen MR) is 158 cm³/mol. The molecule has 0 spiro atoms. The first kappa shape index (κ1) is 27.0. The lowest BCUT2D eigenvalue weighted by molar-refractivity contribution is -0.152. The quantitative estimate of drug-likeness (QED) is 0.252. The monoisotopic (exact) mass is 574 g/mol. The molecule has 0 aromatic heterocycles. The second kappa shape index (κ2) is 9.33. The van der Waals surface area contributed by atoms with Crippen LogP contribution in [0.25, 0.3) is 0 Å². The molecule has 2 unspecified atom stereocenters. The van der Waals surface area contributed by atoms with Crippen LogP contribution in [0.1, 0.15) is 25.0 Å². The molecule has 3 aromatic carbocycles. The molecule has 3 fully saturated rings. The van der Waals surface area contributed by atoms with E-state index in [2.05, 4.69) is 0 Å². The fraction of sp³-hybridized carbons (Fsp3) is 0.286. The Kier molecular flexibility index (Phi) is 5.86. The molecular formula is C35H30N2O6. The maximum absolute atomic E-state index is 14.4. The van der Waals surface area contributed by atoms with E-state index in [9.17, 15) is 24.0 Å². The van der Waals surface area contributed by atoms with Crippen molar-refractivity contribution in [1.82, 2.24) is 0 Å². The van der Waals surface area contributed by atoms with Gasteiger partial charge in [0.2, 0.25) is 23.6 Å². The van der Waals surface area contributed by atoms with E-state index in [1.54, 1.807) is 68.4 Å². The second-order valence-electron chi connectivity index (χ2n) is 12.3. The van der Waals surface area contributed by atoms with E-state index < -0.39 is 64.6 Å². The Morgan fingerprint density at radius 3 is 1.51 bits per heavy atom. The van der Waals surface area contributed by atoms with E-state index in [-0.39, 0.29) is 5.57 Å². The molecule has 3 aromatic rings. The minimum Gasteiger partial charge on any atom is -0.423 e. The van der Waals surface area contributed by atoms with Gasteiger partial charge in [0.1, 0.15) is 5.75 Å². The van der Waals surface area contributed by atoms with Gasteiger partial charge >= 0.3 is 5.97 Å². The minimum absolute atomic E-state index is 0.197. The van der Waals surface area contributed by atoms with E-state index in [0.29, 0.717) is 22.7 Å². The molecule has 2 aliphatic heterocycles. The SMILES string of the molecule is CC1=C(C(=O)Oc2ccccc2)C2(C)[C@@H]3C(=O)N(c4ccc(C)cc4)C(=O)[C@H]3C1[C@H]1C(=O)N(c3ccc(C)cc3)C(=O)[C@@H]12. The summed E-state index contributed by atoms with van der Waals surface area (Å²) in [6, 6.07) is 22.7. The number of allylic oxidation sites excluding steroid dienone is 1. The van der Waals surface area contributed by atoms with Gasteiger partial charge in [-0.2, -0.15) is 0 Å². The molecule has 6 atom stereocenters. The number of hydrogen-bond donors (Lipinski definition) is 0. The molecule has 3 aliphatic carbocycles. The fourth-order valence-electron chi connectivity index (χ4n) is 8.15. The topological polar surface area (TPSA) is 101 Å². The molecule has 4 amide bonds. The number of imide groups is 2. The van der Waals surface area contributed by atoms with Crippen molar-refractivity contribution in [3.8, 4) is 5.75 Å². The number of amides is 4. The second-order valence-corrected chi connectivity index (χ2v) is 12.3. The van der Waals surface area contributed by atoms with Gasteiger partial charge in [-0.25, -0.2) is 4.79 Å². The summed E-state index contributed by atoms with van der Waals surface area (Å²) < 4.78 is 5.80. The molecule has 2 heterocycles. The number of aryl methyl sites for hydroxylation is 2. The standard InChI is InChI=1S/C35H30N2O6/c1-18-10-14-21(15-11-18)36-30(38)25-24-20(3)27(34(42)43-23-8-6-5-7-9-23)35(4,28(25)32(36)40)29-26(24)31(39)37(33(29)41)22-16-12-19(2)13-17-22/h5-17,24-26,28-29H,1-4H3/t24?,25-,26+,28-,29+,35?. The van der Waals surface area contributed by atoms with E-state index in [4.69, 9.17) is 4.74 Å².